The highest BCUT2D eigenvalue weighted by Gasteiger charge is 2.02. The van der Waals surface area contributed by atoms with Gasteiger partial charge in [-0.1, -0.05) is 24.3 Å². The van der Waals surface area contributed by atoms with Crippen molar-refractivity contribution in [3.05, 3.63) is 38.3 Å². The third-order valence-electron chi connectivity index (χ3n) is 1.56. The molecule has 12 heavy (non-hydrogen) atoms. The fourth-order valence-electron chi connectivity index (χ4n) is 0.930. The highest BCUT2D eigenvalue weighted by molar-refractivity contribution is 14.1. The Morgan fingerprint density at radius 1 is 1.42 bits per heavy atom. The van der Waals surface area contributed by atoms with Crippen LogP contribution in [0.3, 0.4) is 0 Å². The van der Waals surface area contributed by atoms with E-state index in [0.29, 0.717) is 0 Å². The molecule has 0 saturated heterocycles. The van der Waals surface area contributed by atoms with Crippen LogP contribution in [0.1, 0.15) is 11.1 Å². The lowest BCUT2D eigenvalue weighted by Gasteiger charge is -2.03. The number of benzene rings is 1. The first kappa shape index (κ1) is 10.6. The van der Waals surface area contributed by atoms with Gasteiger partial charge in [0, 0.05) is 4.48 Å². The summed E-state index contributed by atoms with van der Waals surface area (Å²) < 4.78 is 2.03. The van der Waals surface area contributed by atoms with E-state index in [1.54, 1.807) is 0 Å². The van der Waals surface area contributed by atoms with Gasteiger partial charge in [-0.2, -0.15) is 0 Å². The SMILES string of the molecule is Cc1ccccc1/C(Br)=C(\S)I. The molecule has 0 nitrogen and oxygen atoms in total. The van der Waals surface area contributed by atoms with Crippen LogP contribution in [-0.4, -0.2) is 0 Å². The van der Waals surface area contributed by atoms with Crippen LogP contribution in [-0.2, 0) is 0 Å². The molecule has 0 spiro atoms. The Kier molecular flexibility index (Phi) is 4.13. The zero-order valence-corrected chi connectivity index (χ0v) is 11.2. The molecular formula is C9H8BrIS. The van der Waals surface area contributed by atoms with Crippen molar-refractivity contribution in [1.29, 1.82) is 0 Å². The molecule has 0 fully saturated rings. The van der Waals surface area contributed by atoms with E-state index in [1.165, 1.54) is 11.1 Å². The van der Waals surface area contributed by atoms with Crippen molar-refractivity contribution in [2.24, 2.45) is 0 Å². The number of rotatable bonds is 1. The molecule has 3 heteroatoms. The Morgan fingerprint density at radius 3 is 2.50 bits per heavy atom. The van der Waals surface area contributed by atoms with Crippen molar-refractivity contribution in [1.82, 2.24) is 0 Å². The Balaban J connectivity index is 3.21. The Bertz CT molecular complexity index is 316. The third kappa shape index (κ3) is 2.50. The minimum absolute atomic E-state index is 0.974. The van der Waals surface area contributed by atoms with Crippen molar-refractivity contribution in [2.45, 2.75) is 6.92 Å². The molecule has 0 atom stereocenters. The summed E-state index contributed by atoms with van der Waals surface area (Å²) in [4.78, 5) is 0. The molecule has 0 aliphatic carbocycles. The quantitative estimate of drug-likeness (QED) is 0.561. The van der Waals surface area contributed by atoms with Gasteiger partial charge in [0.05, 0.1) is 2.91 Å². The summed E-state index contributed by atoms with van der Waals surface area (Å²) in [6, 6.07) is 8.22. The predicted octanol–water partition coefficient (Wildman–Crippen LogP) is 4.38. The van der Waals surface area contributed by atoms with E-state index in [0.717, 1.165) is 7.39 Å². The van der Waals surface area contributed by atoms with Crippen LogP contribution in [0.4, 0.5) is 0 Å². The van der Waals surface area contributed by atoms with Crippen molar-refractivity contribution in [3.63, 3.8) is 0 Å². The first-order valence-corrected chi connectivity index (χ1v) is 5.75. The van der Waals surface area contributed by atoms with Gasteiger partial charge < -0.3 is 0 Å². The molecule has 0 unspecified atom stereocenters. The molecular weight excluding hydrogens is 347 g/mol. The van der Waals surface area contributed by atoms with Gasteiger partial charge in [0.1, 0.15) is 0 Å². The molecule has 0 N–H and O–H groups in total. The van der Waals surface area contributed by atoms with Gasteiger partial charge in [-0.25, -0.2) is 0 Å². The minimum atomic E-state index is 0.974. The largest absolute Gasteiger partial charge is 0.136 e. The van der Waals surface area contributed by atoms with E-state index in [4.69, 9.17) is 0 Å². The Morgan fingerprint density at radius 2 is 2.00 bits per heavy atom. The molecule has 1 aromatic carbocycles. The molecule has 0 radical (unpaired) electrons. The van der Waals surface area contributed by atoms with Gasteiger partial charge in [-0.05, 0) is 56.6 Å². The normalized spacial score (nSPS) is 12.7. The molecule has 64 valence electrons. The van der Waals surface area contributed by atoms with Crippen LogP contribution in [0.5, 0.6) is 0 Å². The standard InChI is InChI=1S/C9H8BrIS/c1-6-4-2-3-5-7(6)8(10)9(11)12/h2-5,12H,1H3/b9-8+. The van der Waals surface area contributed by atoms with E-state index < -0.39 is 0 Å². The number of halogens is 2. The summed E-state index contributed by atoms with van der Waals surface area (Å²) >= 11 is 9.95. The van der Waals surface area contributed by atoms with Crippen LogP contribution < -0.4 is 0 Å². The molecule has 0 aliphatic rings. The smallest absolute Gasteiger partial charge is 0.0575 e. The maximum Gasteiger partial charge on any atom is 0.0575 e. The molecule has 0 aliphatic heterocycles. The topological polar surface area (TPSA) is 0 Å². The molecule has 0 bridgehead atoms. The van der Waals surface area contributed by atoms with Crippen LogP contribution in [0.25, 0.3) is 4.48 Å². The van der Waals surface area contributed by atoms with Crippen LogP contribution in [0, 0.1) is 6.92 Å². The molecule has 0 amide bonds. The average Bonchev–Trinajstić information content (AvgIpc) is 2.04. The summed E-state index contributed by atoms with van der Waals surface area (Å²) in [7, 11) is 0. The van der Waals surface area contributed by atoms with E-state index in [-0.39, 0.29) is 0 Å². The lowest BCUT2D eigenvalue weighted by Crippen LogP contribution is -1.82. The highest BCUT2D eigenvalue weighted by Crippen LogP contribution is 2.32. The van der Waals surface area contributed by atoms with Crippen LogP contribution in [0.15, 0.2) is 27.2 Å². The van der Waals surface area contributed by atoms with Gasteiger partial charge in [-0.15, -0.1) is 12.6 Å². The van der Waals surface area contributed by atoms with E-state index >= 15 is 0 Å². The van der Waals surface area contributed by atoms with E-state index in [2.05, 4.69) is 70.2 Å². The summed E-state index contributed by atoms with van der Waals surface area (Å²) in [6.07, 6.45) is 0. The molecule has 0 saturated carbocycles. The fraction of sp³-hybridized carbons (Fsp3) is 0.111. The van der Waals surface area contributed by atoms with E-state index in [1.807, 2.05) is 12.1 Å². The van der Waals surface area contributed by atoms with Crippen molar-refractivity contribution < 1.29 is 0 Å². The first-order chi connectivity index (χ1) is 5.63. The third-order valence-corrected chi connectivity index (χ3v) is 4.20. The summed E-state index contributed by atoms with van der Waals surface area (Å²) in [5.41, 5.74) is 2.46. The van der Waals surface area contributed by atoms with Gasteiger partial charge in [0.25, 0.3) is 0 Å². The summed E-state index contributed by atoms with van der Waals surface area (Å²) in [5.74, 6) is 0. The van der Waals surface area contributed by atoms with Gasteiger partial charge in [-0.3, -0.25) is 0 Å². The second-order valence-corrected chi connectivity index (χ2v) is 5.59. The molecule has 0 aromatic heterocycles. The maximum absolute atomic E-state index is 4.27. The molecule has 0 heterocycles. The summed E-state index contributed by atoms with van der Waals surface area (Å²) in [6.45, 7) is 2.09. The number of hydrogen-bond donors (Lipinski definition) is 1. The highest BCUT2D eigenvalue weighted by atomic mass is 127. The number of thiol groups is 1. The van der Waals surface area contributed by atoms with E-state index in [9.17, 15) is 0 Å². The Labute approximate surface area is 100 Å². The summed E-state index contributed by atoms with van der Waals surface area (Å²) in [5, 5.41) is 0. The first-order valence-electron chi connectivity index (χ1n) is 3.43. The lowest BCUT2D eigenvalue weighted by atomic mass is 10.1. The monoisotopic (exact) mass is 354 g/mol. The zero-order chi connectivity index (χ0) is 9.14. The predicted molar refractivity (Wildman–Crippen MR) is 70.0 cm³/mol. The lowest BCUT2D eigenvalue weighted by molar-refractivity contribution is 1.44. The van der Waals surface area contributed by atoms with Gasteiger partial charge in [0.2, 0.25) is 0 Å². The zero-order valence-electron chi connectivity index (χ0n) is 6.51. The number of hydrogen-bond acceptors (Lipinski definition) is 1. The number of aryl methyl sites for hydroxylation is 1. The average molecular weight is 355 g/mol. The molecule has 1 aromatic rings. The van der Waals surface area contributed by atoms with Crippen molar-refractivity contribution in [2.75, 3.05) is 0 Å². The second-order valence-electron chi connectivity index (χ2n) is 2.42. The Hall–Kier alpha value is 0.520. The van der Waals surface area contributed by atoms with Gasteiger partial charge >= 0.3 is 0 Å². The fourth-order valence-corrected chi connectivity index (χ4v) is 1.79. The van der Waals surface area contributed by atoms with Crippen molar-refractivity contribution in [3.8, 4) is 0 Å². The maximum atomic E-state index is 4.27. The van der Waals surface area contributed by atoms with Crippen molar-refractivity contribution >= 4 is 55.6 Å². The van der Waals surface area contributed by atoms with Gasteiger partial charge in [0.15, 0.2) is 0 Å². The molecule has 1 rings (SSSR count). The van der Waals surface area contributed by atoms with Crippen LogP contribution >= 0.6 is 51.1 Å². The second kappa shape index (κ2) is 4.67. The van der Waals surface area contributed by atoms with Crippen LogP contribution in [0.2, 0.25) is 0 Å². The minimum Gasteiger partial charge on any atom is -0.136 e.